The van der Waals surface area contributed by atoms with Crippen LogP contribution in [0.4, 0.5) is 10.1 Å². The van der Waals surface area contributed by atoms with E-state index in [-0.39, 0.29) is 24.4 Å². The molecule has 20 heavy (non-hydrogen) atoms. The first-order valence-electron chi connectivity index (χ1n) is 5.88. The Kier molecular flexibility index (Phi) is 5.88. The van der Waals surface area contributed by atoms with Crippen LogP contribution in [0.15, 0.2) is 17.0 Å². The van der Waals surface area contributed by atoms with E-state index in [0.29, 0.717) is 0 Å². The van der Waals surface area contributed by atoms with Gasteiger partial charge >= 0.3 is 0 Å². The zero-order valence-electron chi connectivity index (χ0n) is 11.6. The summed E-state index contributed by atoms with van der Waals surface area (Å²) in [7, 11) is -1.09. The molecule has 1 atom stereocenters. The molecule has 0 spiro atoms. The summed E-state index contributed by atoms with van der Waals surface area (Å²) >= 11 is 0. The van der Waals surface area contributed by atoms with Crippen molar-refractivity contribution in [2.45, 2.75) is 17.9 Å². The van der Waals surface area contributed by atoms with Crippen LogP contribution < -0.4 is 10.5 Å². The predicted octanol–water partition coefficient (Wildman–Crippen LogP) is 0.656. The van der Waals surface area contributed by atoms with Crippen molar-refractivity contribution in [3.05, 3.63) is 23.5 Å². The van der Waals surface area contributed by atoms with Crippen LogP contribution in [0, 0.1) is 12.7 Å². The average molecular weight is 306 g/mol. The van der Waals surface area contributed by atoms with E-state index in [2.05, 4.69) is 4.72 Å². The molecule has 114 valence electrons. The van der Waals surface area contributed by atoms with Gasteiger partial charge in [-0.05, 0) is 24.6 Å². The van der Waals surface area contributed by atoms with Gasteiger partial charge in [0.15, 0.2) is 0 Å². The lowest BCUT2D eigenvalue weighted by Crippen LogP contribution is -2.36. The highest BCUT2D eigenvalue weighted by Gasteiger charge is 2.22. The van der Waals surface area contributed by atoms with E-state index in [4.69, 9.17) is 15.2 Å². The number of nitrogen functional groups attached to an aromatic ring is 1. The lowest BCUT2D eigenvalue weighted by atomic mass is 10.2. The van der Waals surface area contributed by atoms with Crippen LogP contribution in [-0.4, -0.2) is 41.9 Å². The third kappa shape index (κ3) is 4.14. The molecule has 0 aromatic heterocycles. The molecule has 0 radical (unpaired) electrons. The molecular formula is C12H19FN2O4S. The van der Waals surface area contributed by atoms with Crippen LogP contribution in [0.25, 0.3) is 0 Å². The van der Waals surface area contributed by atoms with E-state index >= 15 is 0 Å². The lowest BCUT2D eigenvalue weighted by molar-refractivity contribution is 0.0320. The highest BCUT2D eigenvalue weighted by atomic mass is 32.2. The fourth-order valence-electron chi connectivity index (χ4n) is 1.64. The van der Waals surface area contributed by atoms with Crippen molar-refractivity contribution in [1.82, 2.24) is 4.72 Å². The molecule has 6 nitrogen and oxygen atoms in total. The molecule has 0 amide bonds. The number of benzene rings is 1. The molecule has 1 aromatic rings. The minimum absolute atomic E-state index is 0.0278. The summed E-state index contributed by atoms with van der Waals surface area (Å²) < 4.78 is 50.2. The van der Waals surface area contributed by atoms with Gasteiger partial charge in [0.25, 0.3) is 0 Å². The van der Waals surface area contributed by atoms with Gasteiger partial charge in [-0.1, -0.05) is 0 Å². The minimum atomic E-state index is -4.00. The Morgan fingerprint density at radius 1 is 1.40 bits per heavy atom. The molecule has 8 heteroatoms. The zero-order valence-corrected chi connectivity index (χ0v) is 12.5. The van der Waals surface area contributed by atoms with E-state index < -0.39 is 26.8 Å². The number of halogens is 1. The Labute approximate surface area is 118 Å². The molecular weight excluding hydrogens is 287 g/mol. The van der Waals surface area contributed by atoms with Crippen LogP contribution in [0.3, 0.4) is 0 Å². The smallest absolute Gasteiger partial charge is 0.243 e. The largest absolute Gasteiger partial charge is 0.399 e. The van der Waals surface area contributed by atoms with Crippen molar-refractivity contribution in [2.75, 3.05) is 33.1 Å². The van der Waals surface area contributed by atoms with Crippen LogP contribution in [0.2, 0.25) is 0 Å². The van der Waals surface area contributed by atoms with Gasteiger partial charge < -0.3 is 15.2 Å². The minimum Gasteiger partial charge on any atom is -0.399 e. The SMILES string of the molecule is COCC(CNS(=O)(=O)c1cc(N)cc(C)c1F)OC. The summed E-state index contributed by atoms with van der Waals surface area (Å²) in [5, 5.41) is 0. The van der Waals surface area contributed by atoms with Gasteiger partial charge in [-0.25, -0.2) is 17.5 Å². The summed E-state index contributed by atoms with van der Waals surface area (Å²) in [5.74, 6) is -0.813. The van der Waals surface area contributed by atoms with E-state index in [9.17, 15) is 12.8 Å². The Balaban J connectivity index is 2.94. The lowest BCUT2D eigenvalue weighted by Gasteiger charge is -2.16. The van der Waals surface area contributed by atoms with Gasteiger partial charge in [0.05, 0.1) is 12.7 Å². The third-order valence-corrected chi connectivity index (χ3v) is 4.14. The number of methoxy groups -OCH3 is 2. The second kappa shape index (κ2) is 6.98. The maximum Gasteiger partial charge on any atom is 0.243 e. The molecule has 0 heterocycles. The highest BCUT2D eigenvalue weighted by molar-refractivity contribution is 7.89. The first-order valence-corrected chi connectivity index (χ1v) is 7.37. The quantitative estimate of drug-likeness (QED) is 0.722. The van der Waals surface area contributed by atoms with Gasteiger partial charge in [-0.2, -0.15) is 0 Å². The molecule has 0 aliphatic heterocycles. The van der Waals surface area contributed by atoms with Crippen LogP contribution in [-0.2, 0) is 19.5 Å². The maximum absolute atomic E-state index is 13.9. The summed E-state index contributed by atoms with van der Waals surface area (Å²) in [6.07, 6.45) is -0.458. The predicted molar refractivity (Wildman–Crippen MR) is 73.4 cm³/mol. The second-order valence-corrected chi connectivity index (χ2v) is 6.05. The zero-order chi connectivity index (χ0) is 15.3. The summed E-state index contributed by atoms with van der Waals surface area (Å²) in [6, 6.07) is 2.46. The van der Waals surface area contributed by atoms with Crippen molar-refractivity contribution >= 4 is 15.7 Å². The molecule has 0 aliphatic carbocycles. The van der Waals surface area contributed by atoms with Crippen molar-refractivity contribution < 1.29 is 22.3 Å². The molecule has 1 unspecified atom stereocenters. The molecule has 0 bridgehead atoms. The number of anilines is 1. The fraction of sp³-hybridized carbons (Fsp3) is 0.500. The molecule has 0 saturated carbocycles. The molecule has 0 fully saturated rings. The number of rotatable bonds is 7. The first-order chi connectivity index (χ1) is 9.31. The number of aryl methyl sites for hydroxylation is 1. The van der Waals surface area contributed by atoms with Gasteiger partial charge in [0.2, 0.25) is 10.0 Å². The van der Waals surface area contributed by atoms with E-state index in [0.717, 1.165) is 6.07 Å². The summed E-state index contributed by atoms with van der Waals surface area (Å²) in [6.45, 7) is 1.64. The summed E-state index contributed by atoms with van der Waals surface area (Å²) in [5.41, 5.74) is 5.91. The molecule has 1 rings (SSSR count). The third-order valence-electron chi connectivity index (χ3n) is 2.72. The van der Waals surface area contributed by atoms with Crippen molar-refractivity contribution in [3.63, 3.8) is 0 Å². The Morgan fingerprint density at radius 2 is 2.05 bits per heavy atom. The maximum atomic E-state index is 13.9. The average Bonchev–Trinajstić information content (AvgIpc) is 2.38. The number of hydrogen-bond acceptors (Lipinski definition) is 5. The second-order valence-electron chi connectivity index (χ2n) is 4.31. The standard InChI is InChI=1S/C12H19FN2O4S/c1-8-4-9(14)5-11(12(8)13)20(16,17)15-6-10(19-3)7-18-2/h4-5,10,15H,6-7,14H2,1-3H3. The van der Waals surface area contributed by atoms with Gasteiger partial charge in [0.1, 0.15) is 10.7 Å². The topological polar surface area (TPSA) is 90.7 Å². The van der Waals surface area contributed by atoms with Crippen LogP contribution >= 0.6 is 0 Å². The Morgan fingerprint density at radius 3 is 2.60 bits per heavy atom. The highest BCUT2D eigenvalue weighted by Crippen LogP contribution is 2.21. The fourth-order valence-corrected chi connectivity index (χ4v) is 2.89. The first kappa shape index (κ1) is 16.8. The Hall–Kier alpha value is -1.22. The van der Waals surface area contributed by atoms with E-state index in [1.165, 1.54) is 27.2 Å². The number of sulfonamides is 1. The number of nitrogens with two attached hydrogens (primary N) is 1. The number of hydrogen-bond donors (Lipinski definition) is 2. The van der Waals surface area contributed by atoms with Gasteiger partial charge in [-0.3, -0.25) is 0 Å². The van der Waals surface area contributed by atoms with Crippen LogP contribution in [0.1, 0.15) is 5.56 Å². The number of ether oxygens (including phenoxy) is 2. The Bertz CT molecular complexity index is 563. The molecule has 0 saturated heterocycles. The van der Waals surface area contributed by atoms with Crippen molar-refractivity contribution in [3.8, 4) is 0 Å². The number of nitrogens with one attached hydrogen (secondary N) is 1. The van der Waals surface area contributed by atoms with E-state index in [1.54, 1.807) is 0 Å². The van der Waals surface area contributed by atoms with Crippen LogP contribution in [0.5, 0.6) is 0 Å². The molecule has 0 aliphatic rings. The van der Waals surface area contributed by atoms with E-state index in [1.807, 2.05) is 0 Å². The monoisotopic (exact) mass is 306 g/mol. The molecule has 3 N–H and O–H groups in total. The van der Waals surface area contributed by atoms with Gasteiger partial charge in [0, 0.05) is 26.5 Å². The summed E-state index contributed by atoms with van der Waals surface area (Å²) in [4.78, 5) is -0.470. The van der Waals surface area contributed by atoms with Crippen molar-refractivity contribution in [1.29, 1.82) is 0 Å². The van der Waals surface area contributed by atoms with Crippen molar-refractivity contribution in [2.24, 2.45) is 0 Å². The molecule has 1 aromatic carbocycles. The normalized spacial score (nSPS) is 13.4. The van der Waals surface area contributed by atoms with Gasteiger partial charge in [-0.15, -0.1) is 0 Å².